The fourth-order valence-corrected chi connectivity index (χ4v) is 2.38. The van der Waals surface area contributed by atoms with E-state index in [1.54, 1.807) is 0 Å². The monoisotopic (exact) mass is 244 g/mol. The molecule has 1 unspecified atom stereocenters. The smallest absolute Gasteiger partial charge is 0.0406 e. The molecule has 0 aliphatic heterocycles. The van der Waals surface area contributed by atoms with Crippen LogP contribution in [0.3, 0.4) is 0 Å². The molecule has 0 spiro atoms. The van der Waals surface area contributed by atoms with Crippen LogP contribution in [0.5, 0.6) is 0 Å². The Labute approximate surface area is 103 Å². The van der Waals surface area contributed by atoms with E-state index in [1.165, 1.54) is 5.56 Å². The molecule has 0 aliphatic carbocycles. The highest BCUT2D eigenvalue weighted by molar-refractivity contribution is 6.30. The van der Waals surface area contributed by atoms with Gasteiger partial charge >= 0.3 is 0 Å². The van der Waals surface area contributed by atoms with Gasteiger partial charge < -0.3 is 0 Å². The SMILES string of the molecule is CC(C)(C)CC(Cl)Cc1ccc(Cl)cc1. The molecular weight excluding hydrogens is 227 g/mol. The Morgan fingerprint density at radius 1 is 1.13 bits per heavy atom. The third-order valence-corrected chi connectivity index (χ3v) is 2.76. The van der Waals surface area contributed by atoms with Crippen molar-refractivity contribution < 1.29 is 0 Å². The third kappa shape index (κ3) is 5.44. The van der Waals surface area contributed by atoms with E-state index in [9.17, 15) is 0 Å². The zero-order valence-electron chi connectivity index (χ0n) is 9.56. The van der Waals surface area contributed by atoms with E-state index in [4.69, 9.17) is 23.2 Å². The summed E-state index contributed by atoms with van der Waals surface area (Å²) in [6, 6.07) is 7.91. The molecular formula is C13H18Cl2. The van der Waals surface area contributed by atoms with Crippen molar-refractivity contribution in [3.63, 3.8) is 0 Å². The molecule has 84 valence electrons. The first kappa shape index (κ1) is 12.9. The van der Waals surface area contributed by atoms with Gasteiger partial charge in [-0.3, -0.25) is 0 Å². The highest BCUT2D eigenvalue weighted by Crippen LogP contribution is 2.25. The van der Waals surface area contributed by atoms with Gasteiger partial charge in [-0.05, 0) is 36.0 Å². The van der Waals surface area contributed by atoms with Crippen LogP contribution in [0.4, 0.5) is 0 Å². The van der Waals surface area contributed by atoms with Crippen LogP contribution >= 0.6 is 23.2 Å². The first-order valence-electron chi connectivity index (χ1n) is 5.25. The van der Waals surface area contributed by atoms with E-state index < -0.39 is 0 Å². The molecule has 1 aromatic rings. The van der Waals surface area contributed by atoms with Gasteiger partial charge in [-0.15, -0.1) is 11.6 Å². The largest absolute Gasteiger partial charge is 0.123 e. The van der Waals surface area contributed by atoms with Crippen molar-refractivity contribution in [3.05, 3.63) is 34.9 Å². The van der Waals surface area contributed by atoms with Gasteiger partial charge in [-0.25, -0.2) is 0 Å². The van der Waals surface area contributed by atoms with Crippen LogP contribution in [0.15, 0.2) is 24.3 Å². The van der Waals surface area contributed by atoms with E-state index in [0.717, 1.165) is 17.9 Å². The Balaban J connectivity index is 2.51. The average molecular weight is 245 g/mol. The molecule has 0 saturated heterocycles. The molecule has 0 aromatic heterocycles. The molecule has 1 atom stereocenters. The minimum atomic E-state index is 0.200. The second kappa shape index (κ2) is 5.23. The van der Waals surface area contributed by atoms with Crippen molar-refractivity contribution in [1.29, 1.82) is 0 Å². The summed E-state index contributed by atoms with van der Waals surface area (Å²) in [6.07, 6.45) is 1.94. The quantitative estimate of drug-likeness (QED) is 0.662. The van der Waals surface area contributed by atoms with Gasteiger partial charge in [0, 0.05) is 10.4 Å². The molecule has 0 bridgehead atoms. The van der Waals surface area contributed by atoms with Gasteiger partial charge in [0.1, 0.15) is 0 Å². The third-order valence-electron chi connectivity index (χ3n) is 2.20. The van der Waals surface area contributed by atoms with Gasteiger partial charge in [0.2, 0.25) is 0 Å². The summed E-state index contributed by atoms with van der Waals surface area (Å²) in [5.74, 6) is 0. The maximum atomic E-state index is 6.31. The van der Waals surface area contributed by atoms with Crippen molar-refractivity contribution in [3.8, 4) is 0 Å². The van der Waals surface area contributed by atoms with E-state index in [1.807, 2.05) is 24.3 Å². The fraction of sp³-hybridized carbons (Fsp3) is 0.538. The van der Waals surface area contributed by atoms with Crippen molar-refractivity contribution in [1.82, 2.24) is 0 Å². The number of rotatable bonds is 3. The average Bonchev–Trinajstić information content (AvgIpc) is 2.05. The first-order valence-corrected chi connectivity index (χ1v) is 6.07. The minimum absolute atomic E-state index is 0.200. The summed E-state index contributed by atoms with van der Waals surface area (Å²) in [4.78, 5) is 0. The summed E-state index contributed by atoms with van der Waals surface area (Å²) in [5.41, 5.74) is 1.54. The lowest BCUT2D eigenvalue weighted by molar-refractivity contribution is 0.369. The molecule has 1 rings (SSSR count). The van der Waals surface area contributed by atoms with E-state index >= 15 is 0 Å². The second-order valence-electron chi connectivity index (χ2n) is 5.19. The topological polar surface area (TPSA) is 0 Å². The minimum Gasteiger partial charge on any atom is -0.123 e. The Morgan fingerprint density at radius 2 is 1.67 bits per heavy atom. The van der Waals surface area contributed by atoms with Crippen LogP contribution < -0.4 is 0 Å². The lowest BCUT2D eigenvalue weighted by atomic mass is 9.88. The van der Waals surface area contributed by atoms with E-state index in [2.05, 4.69) is 20.8 Å². The van der Waals surface area contributed by atoms with E-state index in [0.29, 0.717) is 5.41 Å². The molecule has 0 radical (unpaired) electrons. The van der Waals surface area contributed by atoms with Gasteiger partial charge in [0.25, 0.3) is 0 Å². The van der Waals surface area contributed by atoms with Crippen LogP contribution in [-0.4, -0.2) is 5.38 Å². The summed E-state index contributed by atoms with van der Waals surface area (Å²) < 4.78 is 0. The van der Waals surface area contributed by atoms with Crippen molar-refractivity contribution in [2.24, 2.45) is 5.41 Å². The Hall–Kier alpha value is -0.200. The Morgan fingerprint density at radius 3 is 2.13 bits per heavy atom. The molecule has 0 fully saturated rings. The molecule has 15 heavy (non-hydrogen) atoms. The number of benzene rings is 1. The first-order chi connectivity index (χ1) is 6.87. The maximum absolute atomic E-state index is 6.31. The maximum Gasteiger partial charge on any atom is 0.0406 e. The van der Waals surface area contributed by atoms with Crippen molar-refractivity contribution in [2.75, 3.05) is 0 Å². The number of halogens is 2. The van der Waals surface area contributed by atoms with Gasteiger partial charge in [-0.2, -0.15) is 0 Å². The number of hydrogen-bond acceptors (Lipinski definition) is 0. The van der Waals surface area contributed by atoms with Crippen molar-refractivity contribution in [2.45, 2.75) is 39.0 Å². The highest BCUT2D eigenvalue weighted by atomic mass is 35.5. The zero-order chi connectivity index (χ0) is 11.5. The zero-order valence-corrected chi connectivity index (χ0v) is 11.1. The standard InChI is InChI=1S/C13H18Cl2/c1-13(2,3)9-12(15)8-10-4-6-11(14)7-5-10/h4-7,12H,8-9H2,1-3H3. The van der Waals surface area contributed by atoms with Gasteiger partial charge in [0.15, 0.2) is 0 Å². The molecule has 0 heterocycles. The lowest BCUT2D eigenvalue weighted by Gasteiger charge is -2.21. The van der Waals surface area contributed by atoms with Crippen molar-refractivity contribution >= 4 is 23.2 Å². The molecule has 0 N–H and O–H groups in total. The molecule has 1 aromatic carbocycles. The molecule has 0 amide bonds. The molecule has 0 saturated carbocycles. The Kier molecular flexibility index (Phi) is 4.48. The summed E-state index contributed by atoms with van der Waals surface area (Å²) in [6.45, 7) is 6.64. The number of alkyl halides is 1. The predicted octanol–water partition coefficient (Wildman–Crippen LogP) is 4.93. The fourth-order valence-electron chi connectivity index (χ4n) is 1.61. The summed E-state index contributed by atoms with van der Waals surface area (Å²) >= 11 is 12.1. The summed E-state index contributed by atoms with van der Waals surface area (Å²) in [7, 11) is 0. The number of hydrogen-bond donors (Lipinski definition) is 0. The summed E-state index contributed by atoms with van der Waals surface area (Å²) in [5, 5.41) is 0.979. The van der Waals surface area contributed by atoms with Gasteiger partial charge in [-0.1, -0.05) is 44.5 Å². The normalized spacial score (nSPS) is 13.9. The highest BCUT2D eigenvalue weighted by Gasteiger charge is 2.16. The Bertz CT molecular complexity index is 295. The van der Waals surface area contributed by atoms with Crippen LogP contribution in [0.2, 0.25) is 5.02 Å². The van der Waals surface area contributed by atoms with Crippen LogP contribution in [0.1, 0.15) is 32.8 Å². The molecule has 0 aliphatic rings. The van der Waals surface area contributed by atoms with Crippen LogP contribution in [0.25, 0.3) is 0 Å². The lowest BCUT2D eigenvalue weighted by Crippen LogP contribution is -2.15. The second-order valence-corrected chi connectivity index (χ2v) is 6.25. The van der Waals surface area contributed by atoms with Gasteiger partial charge in [0.05, 0.1) is 0 Å². The van der Waals surface area contributed by atoms with Crippen LogP contribution in [0, 0.1) is 5.41 Å². The predicted molar refractivity (Wildman–Crippen MR) is 68.9 cm³/mol. The van der Waals surface area contributed by atoms with Crippen LogP contribution in [-0.2, 0) is 6.42 Å². The molecule has 2 heteroatoms. The molecule has 0 nitrogen and oxygen atoms in total. The van der Waals surface area contributed by atoms with E-state index in [-0.39, 0.29) is 5.38 Å².